The van der Waals surface area contributed by atoms with Gasteiger partial charge in [-0.25, -0.2) is 5.43 Å². The molecule has 0 saturated heterocycles. The summed E-state index contributed by atoms with van der Waals surface area (Å²) in [5, 5.41) is 8.64. The molecule has 0 aliphatic carbocycles. The maximum atomic E-state index is 12.3. The second-order valence-electron chi connectivity index (χ2n) is 4.92. The minimum atomic E-state index is -0.407. The highest BCUT2D eigenvalue weighted by molar-refractivity contribution is 6.36. The van der Waals surface area contributed by atoms with E-state index in [4.69, 9.17) is 34.8 Å². The molecule has 0 unspecified atom stereocenters. The lowest BCUT2D eigenvalue weighted by atomic mass is 10.1. The van der Waals surface area contributed by atoms with E-state index in [1.165, 1.54) is 6.07 Å². The van der Waals surface area contributed by atoms with Crippen LogP contribution in [0.2, 0.25) is 15.1 Å². The molecule has 2 aromatic carbocycles. The number of carbonyl (C=O) groups is 1. The van der Waals surface area contributed by atoms with Crippen LogP contribution in [0.5, 0.6) is 0 Å². The van der Waals surface area contributed by atoms with Crippen LogP contribution in [-0.4, -0.2) is 18.7 Å². The summed E-state index contributed by atoms with van der Waals surface area (Å²) < 4.78 is 0. The van der Waals surface area contributed by atoms with Crippen LogP contribution in [0.1, 0.15) is 29.3 Å². The number of carbonyl (C=O) groups excluding carboxylic acids is 1. The first-order valence-corrected chi connectivity index (χ1v) is 8.39. The maximum Gasteiger partial charge on any atom is 0.272 e. The molecule has 2 aromatic rings. The lowest BCUT2D eigenvalue weighted by molar-refractivity contribution is 0.0955. The van der Waals surface area contributed by atoms with Crippen molar-refractivity contribution >= 4 is 52.1 Å². The van der Waals surface area contributed by atoms with E-state index in [1.54, 1.807) is 24.3 Å². The van der Waals surface area contributed by atoms with E-state index in [2.05, 4.69) is 15.8 Å². The quantitative estimate of drug-likeness (QED) is 0.547. The Labute approximate surface area is 155 Å². The summed E-state index contributed by atoms with van der Waals surface area (Å²) in [4.78, 5) is 12.3. The molecular formula is C17H16Cl3N3O. The van der Waals surface area contributed by atoms with Crippen LogP contribution in [-0.2, 0) is 0 Å². The van der Waals surface area contributed by atoms with Gasteiger partial charge in [-0.3, -0.25) is 4.79 Å². The average Bonchev–Trinajstić information content (AvgIpc) is 2.55. The molecule has 24 heavy (non-hydrogen) atoms. The first-order valence-electron chi connectivity index (χ1n) is 7.26. The van der Waals surface area contributed by atoms with E-state index in [0.717, 1.165) is 11.3 Å². The number of hydrazone groups is 1. The Morgan fingerprint density at radius 3 is 2.33 bits per heavy atom. The van der Waals surface area contributed by atoms with Crippen molar-refractivity contribution in [3.63, 3.8) is 0 Å². The molecule has 126 valence electrons. The molecule has 0 atom stereocenters. The van der Waals surface area contributed by atoms with Crippen LogP contribution in [0, 0.1) is 0 Å². The number of hydrogen-bond acceptors (Lipinski definition) is 3. The van der Waals surface area contributed by atoms with Crippen molar-refractivity contribution in [2.24, 2.45) is 5.10 Å². The summed E-state index contributed by atoms with van der Waals surface area (Å²) in [6.45, 7) is 1.95. The SMILES string of the molecule is CC/C(=N\NC(=O)c1ccc(Cl)cc1Cl)c1cc(Cl)ccc1NC. The first-order chi connectivity index (χ1) is 11.5. The van der Waals surface area contributed by atoms with E-state index in [0.29, 0.717) is 27.7 Å². The molecule has 7 heteroatoms. The Morgan fingerprint density at radius 1 is 1.04 bits per heavy atom. The van der Waals surface area contributed by atoms with Gasteiger partial charge in [0.05, 0.1) is 16.3 Å². The van der Waals surface area contributed by atoms with Crippen molar-refractivity contribution in [2.45, 2.75) is 13.3 Å². The number of anilines is 1. The normalized spacial score (nSPS) is 11.3. The highest BCUT2D eigenvalue weighted by atomic mass is 35.5. The second kappa shape index (κ2) is 8.38. The van der Waals surface area contributed by atoms with E-state index in [1.807, 2.05) is 20.0 Å². The summed E-state index contributed by atoms with van der Waals surface area (Å²) in [5.74, 6) is -0.407. The van der Waals surface area contributed by atoms with Gasteiger partial charge in [0.15, 0.2) is 0 Å². The molecule has 4 nitrogen and oxygen atoms in total. The third kappa shape index (κ3) is 4.41. The predicted molar refractivity (Wildman–Crippen MR) is 102 cm³/mol. The van der Waals surface area contributed by atoms with Gasteiger partial charge >= 0.3 is 0 Å². The van der Waals surface area contributed by atoms with Crippen molar-refractivity contribution in [1.29, 1.82) is 0 Å². The Hall–Kier alpha value is -1.75. The molecule has 0 aliphatic heterocycles. The number of hydrogen-bond donors (Lipinski definition) is 2. The number of rotatable bonds is 5. The highest BCUT2D eigenvalue weighted by Crippen LogP contribution is 2.23. The van der Waals surface area contributed by atoms with Crippen molar-refractivity contribution in [1.82, 2.24) is 5.43 Å². The number of nitrogens with zero attached hydrogens (tertiary/aromatic N) is 1. The summed E-state index contributed by atoms with van der Waals surface area (Å²) in [6.07, 6.45) is 0.615. The smallest absolute Gasteiger partial charge is 0.272 e. The van der Waals surface area contributed by atoms with Crippen LogP contribution >= 0.6 is 34.8 Å². The Balaban J connectivity index is 2.28. The molecule has 2 N–H and O–H groups in total. The summed E-state index contributed by atoms with van der Waals surface area (Å²) in [5.41, 5.74) is 5.23. The zero-order valence-corrected chi connectivity index (χ0v) is 15.4. The second-order valence-corrected chi connectivity index (χ2v) is 6.20. The van der Waals surface area contributed by atoms with Gasteiger partial charge in [0.1, 0.15) is 0 Å². The van der Waals surface area contributed by atoms with Crippen LogP contribution < -0.4 is 10.7 Å². The molecule has 0 spiro atoms. The van der Waals surface area contributed by atoms with Gasteiger partial charge in [0.2, 0.25) is 0 Å². The van der Waals surface area contributed by atoms with Gasteiger partial charge in [-0.1, -0.05) is 41.7 Å². The molecule has 0 saturated carbocycles. The fourth-order valence-electron chi connectivity index (χ4n) is 2.16. The zero-order chi connectivity index (χ0) is 17.7. The van der Waals surface area contributed by atoms with Crippen LogP contribution in [0.4, 0.5) is 5.69 Å². The number of nitrogens with one attached hydrogen (secondary N) is 2. The standard InChI is InChI=1S/C17H16Cl3N3O/c1-3-15(13-8-10(18)5-7-16(13)21-2)22-23-17(24)12-6-4-11(19)9-14(12)20/h4-9,21H,3H2,1-2H3,(H,23,24)/b22-15+. The molecule has 1 amide bonds. The van der Waals surface area contributed by atoms with Crippen LogP contribution in [0.25, 0.3) is 0 Å². The first kappa shape index (κ1) is 18.6. The van der Waals surface area contributed by atoms with Crippen molar-refractivity contribution in [2.75, 3.05) is 12.4 Å². The molecule has 0 aromatic heterocycles. The van der Waals surface area contributed by atoms with E-state index in [9.17, 15) is 4.79 Å². The zero-order valence-electron chi connectivity index (χ0n) is 13.2. The summed E-state index contributed by atoms with van der Waals surface area (Å²) in [6, 6.07) is 10.1. The predicted octanol–water partition coefficient (Wildman–Crippen LogP) is 5.23. The van der Waals surface area contributed by atoms with Gasteiger partial charge in [0.25, 0.3) is 5.91 Å². The van der Waals surface area contributed by atoms with Gasteiger partial charge in [-0.2, -0.15) is 5.10 Å². The lowest BCUT2D eigenvalue weighted by Gasteiger charge is -2.11. The van der Waals surface area contributed by atoms with Gasteiger partial charge < -0.3 is 5.32 Å². The molecule has 0 aliphatic rings. The molecular weight excluding hydrogens is 369 g/mol. The van der Waals surface area contributed by atoms with Crippen LogP contribution in [0.15, 0.2) is 41.5 Å². The maximum absolute atomic E-state index is 12.3. The van der Waals surface area contributed by atoms with E-state index >= 15 is 0 Å². The van der Waals surface area contributed by atoms with Crippen molar-refractivity contribution < 1.29 is 4.79 Å². The van der Waals surface area contributed by atoms with Gasteiger partial charge in [-0.15, -0.1) is 0 Å². The van der Waals surface area contributed by atoms with Gasteiger partial charge in [-0.05, 0) is 42.8 Å². The summed E-state index contributed by atoms with van der Waals surface area (Å²) >= 11 is 17.9. The molecule has 0 radical (unpaired) electrons. The number of amides is 1. The number of halogens is 3. The third-order valence-electron chi connectivity index (χ3n) is 3.36. The molecule has 0 bridgehead atoms. The molecule has 0 heterocycles. The van der Waals surface area contributed by atoms with E-state index < -0.39 is 5.91 Å². The monoisotopic (exact) mass is 383 g/mol. The average molecular weight is 385 g/mol. The van der Waals surface area contributed by atoms with Crippen molar-refractivity contribution in [3.05, 3.63) is 62.6 Å². The fraction of sp³-hybridized carbons (Fsp3) is 0.176. The Bertz CT molecular complexity index is 791. The molecule has 0 fully saturated rings. The minimum Gasteiger partial charge on any atom is -0.388 e. The Kier molecular flexibility index (Phi) is 6.49. The molecule has 2 rings (SSSR count). The minimum absolute atomic E-state index is 0.270. The highest BCUT2D eigenvalue weighted by Gasteiger charge is 2.12. The largest absolute Gasteiger partial charge is 0.388 e. The van der Waals surface area contributed by atoms with Crippen LogP contribution in [0.3, 0.4) is 0 Å². The number of benzene rings is 2. The summed E-state index contributed by atoms with van der Waals surface area (Å²) in [7, 11) is 1.81. The lowest BCUT2D eigenvalue weighted by Crippen LogP contribution is -2.20. The topological polar surface area (TPSA) is 53.5 Å². The fourth-order valence-corrected chi connectivity index (χ4v) is 2.82. The van der Waals surface area contributed by atoms with Crippen molar-refractivity contribution in [3.8, 4) is 0 Å². The van der Waals surface area contributed by atoms with E-state index in [-0.39, 0.29) is 5.02 Å². The third-order valence-corrected chi connectivity index (χ3v) is 4.15. The van der Waals surface area contributed by atoms with Gasteiger partial charge in [0, 0.05) is 28.3 Å². The Morgan fingerprint density at radius 2 is 1.71 bits per heavy atom.